The van der Waals surface area contributed by atoms with Gasteiger partial charge in [-0.05, 0) is 32.2 Å². The molecule has 0 aromatic heterocycles. The maximum atomic E-state index is 12.7. The van der Waals surface area contributed by atoms with Crippen molar-refractivity contribution in [2.45, 2.75) is 43.9 Å². The first-order chi connectivity index (χ1) is 8.66. The van der Waals surface area contributed by atoms with Crippen LogP contribution in [0.2, 0.25) is 0 Å². The molecule has 0 aromatic carbocycles. The topological polar surface area (TPSA) is 58.6 Å². The first kappa shape index (κ1) is 14.2. The molecular formula is C12H24N2O3S. The largest absolute Gasteiger partial charge is 0.380 e. The summed E-state index contributed by atoms with van der Waals surface area (Å²) in [6.45, 7) is 5.43. The molecule has 6 heteroatoms. The molecule has 2 aliphatic heterocycles. The first-order valence-corrected chi connectivity index (χ1v) is 8.45. The molecule has 2 heterocycles. The average Bonchev–Trinajstić information content (AvgIpc) is 2.90. The third-order valence-corrected chi connectivity index (χ3v) is 6.10. The maximum absolute atomic E-state index is 12.7. The van der Waals surface area contributed by atoms with Crippen molar-refractivity contribution < 1.29 is 13.2 Å². The first-order valence-electron chi connectivity index (χ1n) is 6.95. The van der Waals surface area contributed by atoms with Gasteiger partial charge in [0.2, 0.25) is 10.0 Å². The van der Waals surface area contributed by atoms with Gasteiger partial charge in [0.15, 0.2) is 0 Å². The molecule has 2 aliphatic rings. The van der Waals surface area contributed by atoms with Crippen LogP contribution in [-0.2, 0) is 14.8 Å². The van der Waals surface area contributed by atoms with E-state index in [1.54, 1.807) is 4.31 Å². The third kappa shape index (κ3) is 3.04. The van der Waals surface area contributed by atoms with E-state index in [-0.39, 0.29) is 11.3 Å². The lowest BCUT2D eigenvalue weighted by molar-refractivity contribution is 0.0969. The third-order valence-electron chi connectivity index (χ3n) is 3.75. The molecule has 18 heavy (non-hydrogen) atoms. The van der Waals surface area contributed by atoms with Gasteiger partial charge in [-0.1, -0.05) is 6.92 Å². The highest BCUT2D eigenvalue weighted by Gasteiger charge is 2.37. The average molecular weight is 276 g/mol. The van der Waals surface area contributed by atoms with Crippen LogP contribution < -0.4 is 5.32 Å². The van der Waals surface area contributed by atoms with Crippen LogP contribution in [0.4, 0.5) is 0 Å². The van der Waals surface area contributed by atoms with Gasteiger partial charge >= 0.3 is 0 Å². The summed E-state index contributed by atoms with van der Waals surface area (Å²) in [5.41, 5.74) is 0. The van der Waals surface area contributed by atoms with E-state index in [1.165, 1.54) is 0 Å². The lowest BCUT2D eigenvalue weighted by atomic mass is 10.2. The van der Waals surface area contributed by atoms with E-state index in [0.717, 1.165) is 38.8 Å². The van der Waals surface area contributed by atoms with Crippen LogP contribution in [0, 0.1) is 0 Å². The Bertz CT molecular complexity index is 346. The van der Waals surface area contributed by atoms with Gasteiger partial charge in [-0.15, -0.1) is 0 Å². The molecule has 2 atom stereocenters. The number of hydrogen-bond donors (Lipinski definition) is 1. The standard InChI is InChI=1S/C12H24N2O3S/c1-2-7-14(11-5-6-13-9-11)18(15,16)12-4-3-8-17-10-12/h11-13H,2-10H2,1H3. The summed E-state index contributed by atoms with van der Waals surface area (Å²) in [5, 5.41) is 2.91. The Morgan fingerprint density at radius 1 is 1.39 bits per heavy atom. The fourth-order valence-electron chi connectivity index (χ4n) is 2.76. The summed E-state index contributed by atoms with van der Waals surface area (Å²) in [4.78, 5) is 0. The molecule has 0 radical (unpaired) electrons. The van der Waals surface area contributed by atoms with E-state index in [0.29, 0.717) is 19.8 Å². The lowest BCUT2D eigenvalue weighted by Crippen LogP contribution is -2.48. The van der Waals surface area contributed by atoms with E-state index < -0.39 is 10.0 Å². The van der Waals surface area contributed by atoms with Gasteiger partial charge < -0.3 is 10.1 Å². The molecule has 0 aliphatic carbocycles. The Morgan fingerprint density at radius 3 is 2.78 bits per heavy atom. The van der Waals surface area contributed by atoms with Crippen LogP contribution >= 0.6 is 0 Å². The van der Waals surface area contributed by atoms with Crippen molar-refractivity contribution in [3.63, 3.8) is 0 Å². The Kier molecular flexibility index (Phi) is 5.00. The predicted octanol–water partition coefficient (Wildman–Crippen LogP) is 0.569. The Hall–Kier alpha value is -0.170. The minimum Gasteiger partial charge on any atom is -0.380 e. The normalized spacial score (nSPS) is 29.9. The molecule has 2 saturated heterocycles. The van der Waals surface area contributed by atoms with Crippen molar-refractivity contribution >= 4 is 10.0 Å². The monoisotopic (exact) mass is 276 g/mol. The molecule has 0 bridgehead atoms. The zero-order chi connectivity index (χ0) is 13.0. The second-order valence-corrected chi connectivity index (χ2v) is 7.31. The molecule has 1 N–H and O–H groups in total. The summed E-state index contributed by atoms with van der Waals surface area (Å²) in [7, 11) is -3.20. The van der Waals surface area contributed by atoms with Crippen molar-refractivity contribution in [2.75, 3.05) is 32.8 Å². The van der Waals surface area contributed by atoms with Gasteiger partial charge in [0.25, 0.3) is 0 Å². The summed E-state index contributed by atoms with van der Waals surface area (Å²) in [5.74, 6) is 0. The number of ether oxygens (including phenoxy) is 1. The van der Waals surface area contributed by atoms with Crippen LogP contribution in [0.1, 0.15) is 32.6 Å². The van der Waals surface area contributed by atoms with Gasteiger partial charge in [0.1, 0.15) is 0 Å². The molecule has 0 amide bonds. The van der Waals surface area contributed by atoms with Crippen molar-refractivity contribution in [1.29, 1.82) is 0 Å². The zero-order valence-corrected chi connectivity index (χ0v) is 11.9. The zero-order valence-electron chi connectivity index (χ0n) is 11.1. The Morgan fingerprint density at radius 2 is 2.22 bits per heavy atom. The summed E-state index contributed by atoms with van der Waals surface area (Å²) in [6, 6.07) is 0.136. The van der Waals surface area contributed by atoms with Gasteiger partial charge in [-0.3, -0.25) is 0 Å². The lowest BCUT2D eigenvalue weighted by Gasteiger charge is -2.32. The van der Waals surface area contributed by atoms with Gasteiger partial charge in [-0.2, -0.15) is 4.31 Å². The van der Waals surface area contributed by atoms with Crippen LogP contribution in [0.3, 0.4) is 0 Å². The quantitative estimate of drug-likeness (QED) is 0.797. The minimum absolute atomic E-state index is 0.136. The highest BCUT2D eigenvalue weighted by molar-refractivity contribution is 7.89. The number of nitrogens with zero attached hydrogens (tertiary/aromatic N) is 1. The molecule has 106 valence electrons. The van der Waals surface area contributed by atoms with Crippen LogP contribution in [0.25, 0.3) is 0 Å². The van der Waals surface area contributed by atoms with Gasteiger partial charge in [-0.25, -0.2) is 8.42 Å². The second-order valence-electron chi connectivity index (χ2n) is 5.14. The van der Waals surface area contributed by atoms with Gasteiger partial charge in [0, 0.05) is 25.7 Å². The van der Waals surface area contributed by atoms with E-state index in [2.05, 4.69) is 5.32 Å². The Labute approximate surface area is 110 Å². The summed E-state index contributed by atoms with van der Waals surface area (Å²) < 4.78 is 32.4. The molecule has 0 aromatic rings. The van der Waals surface area contributed by atoms with Crippen molar-refractivity contribution in [3.05, 3.63) is 0 Å². The fraction of sp³-hybridized carbons (Fsp3) is 1.00. The summed E-state index contributed by atoms with van der Waals surface area (Å²) >= 11 is 0. The van der Waals surface area contributed by atoms with Crippen LogP contribution in [-0.4, -0.2) is 56.9 Å². The van der Waals surface area contributed by atoms with Crippen molar-refractivity contribution in [2.24, 2.45) is 0 Å². The van der Waals surface area contributed by atoms with Crippen LogP contribution in [0.15, 0.2) is 0 Å². The van der Waals surface area contributed by atoms with Crippen molar-refractivity contribution in [3.8, 4) is 0 Å². The highest BCUT2D eigenvalue weighted by atomic mass is 32.2. The molecule has 2 rings (SSSR count). The van der Waals surface area contributed by atoms with Gasteiger partial charge in [0.05, 0.1) is 11.9 Å². The number of sulfonamides is 1. The van der Waals surface area contributed by atoms with E-state index in [9.17, 15) is 8.42 Å². The predicted molar refractivity (Wildman–Crippen MR) is 71.0 cm³/mol. The molecule has 2 unspecified atom stereocenters. The molecular weight excluding hydrogens is 252 g/mol. The fourth-order valence-corrected chi connectivity index (χ4v) is 4.91. The number of nitrogens with one attached hydrogen (secondary N) is 1. The molecule has 0 spiro atoms. The van der Waals surface area contributed by atoms with E-state index >= 15 is 0 Å². The second kappa shape index (κ2) is 6.32. The summed E-state index contributed by atoms with van der Waals surface area (Å²) in [6.07, 6.45) is 3.38. The number of rotatable bonds is 5. The Balaban J connectivity index is 2.11. The maximum Gasteiger partial charge on any atom is 0.219 e. The van der Waals surface area contributed by atoms with Crippen LogP contribution in [0.5, 0.6) is 0 Å². The van der Waals surface area contributed by atoms with E-state index in [1.807, 2.05) is 6.92 Å². The SMILES string of the molecule is CCCN(C1CCNC1)S(=O)(=O)C1CCCOC1. The molecule has 0 saturated carbocycles. The van der Waals surface area contributed by atoms with Crippen molar-refractivity contribution in [1.82, 2.24) is 9.62 Å². The highest BCUT2D eigenvalue weighted by Crippen LogP contribution is 2.23. The smallest absolute Gasteiger partial charge is 0.219 e. The molecule has 5 nitrogen and oxygen atoms in total. The molecule has 2 fully saturated rings. The van der Waals surface area contributed by atoms with E-state index in [4.69, 9.17) is 4.74 Å². The minimum atomic E-state index is -3.20. The number of hydrogen-bond acceptors (Lipinski definition) is 4.